The second-order valence-corrected chi connectivity index (χ2v) is 7.93. The molecule has 0 atom stereocenters. The van der Waals surface area contributed by atoms with Crippen molar-refractivity contribution in [2.45, 2.75) is 26.3 Å². The Morgan fingerprint density at radius 2 is 1.94 bits per heavy atom. The van der Waals surface area contributed by atoms with E-state index in [0.29, 0.717) is 67.3 Å². The number of nitrogens with one attached hydrogen (secondary N) is 3. The van der Waals surface area contributed by atoms with Gasteiger partial charge in [-0.05, 0) is 30.7 Å². The highest BCUT2D eigenvalue weighted by Gasteiger charge is 2.28. The highest BCUT2D eigenvalue weighted by atomic mass is 16.5. The number of piperazine rings is 1. The minimum absolute atomic E-state index is 0.0241. The lowest BCUT2D eigenvalue weighted by molar-refractivity contribution is -0.127. The van der Waals surface area contributed by atoms with E-state index < -0.39 is 11.7 Å². The van der Waals surface area contributed by atoms with E-state index in [2.05, 4.69) is 15.6 Å². The van der Waals surface area contributed by atoms with E-state index in [9.17, 15) is 14.4 Å². The van der Waals surface area contributed by atoms with E-state index in [1.165, 1.54) is 7.11 Å². The first-order valence-electron chi connectivity index (χ1n) is 11.1. The van der Waals surface area contributed by atoms with Gasteiger partial charge in [0, 0.05) is 44.4 Å². The second kappa shape index (κ2) is 9.91. The van der Waals surface area contributed by atoms with Crippen LogP contribution in [-0.2, 0) is 16.1 Å². The highest BCUT2D eigenvalue weighted by Crippen LogP contribution is 2.37. The summed E-state index contributed by atoms with van der Waals surface area (Å²) in [5.74, 6) is 0.575. The maximum atomic E-state index is 13.1. The smallest absolute Gasteiger partial charge is 0.295 e. The van der Waals surface area contributed by atoms with Gasteiger partial charge in [0.15, 0.2) is 0 Å². The highest BCUT2D eigenvalue weighted by molar-refractivity contribution is 6.45. The monoisotopic (exact) mass is 452 g/mol. The first-order chi connectivity index (χ1) is 16.0. The summed E-state index contributed by atoms with van der Waals surface area (Å²) in [5.41, 5.74) is 1.64. The molecule has 2 amide bonds. The number of aromatic amines is 1. The molecule has 3 heterocycles. The molecule has 1 saturated heterocycles. The molecule has 0 unspecified atom stereocenters. The molecule has 1 aliphatic heterocycles. The van der Waals surface area contributed by atoms with Crippen LogP contribution in [0.3, 0.4) is 0 Å². The Morgan fingerprint density at radius 3 is 2.67 bits per heavy atom. The Labute approximate surface area is 191 Å². The maximum Gasteiger partial charge on any atom is 0.295 e. The van der Waals surface area contributed by atoms with Gasteiger partial charge < -0.3 is 29.7 Å². The van der Waals surface area contributed by atoms with Crippen molar-refractivity contribution >= 4 is 28.5 Å². The zero-order chi connectivity index (χ0) is 23.4. The van der Waals surface area contributed by atoms with Crippen molar-refractivity contribution in [3.63, 3.8) is 0 Å². The van der Waals surface area contributed by atoms with Crippen molar-refractivity contribution in [3.05, 3.63) is 41.8 Å². The van der Waals surface area contributed by atoms with Gasteiger partial charge >= 0.3 is 0 Å². The lowest BCUT2D eigenvalue weighted by atomic mass is 10.0. The number of carbonyl (C=O) groups is 3. The maximum absolute atomic E-state index is 13.1. The van der Waals surface area contributed by atoms with Gasteiger partial charge in [-0.15, -0.1) is 0 Å². The number of furan rings is 1. The first-order valence-corrected chi connectivity index (χ1v) is 11.1. The van der Waals surface area contributed by atoms with Crippen LogP contribution in [0.5, 0.6) is 5.75 Å². The molecule has 9 heteroatoms. The van der Waals surface area contributed by atoms with Crippen LogP contribution in [0.15, 0.2) is 34.9 Å². The van der Waals surface area contributed by atoms with Crippen molar-refractivity contribution in [1.29, 1.82) is 0 Å². The Kier molecular flexibility index (Phi) is 6.79. The third-order valence-electron chi connectivity index (χ3n) is 5.72. The molecule has 0 aliphatic carbocycles. The number of H-pyrrole nitrogens is 1. The largest absolute Gasteiger partial charge is 0.496 e. The molecule has 33 heavy (non-hydrogen) atoms. The zero-order valence-electron chi connectivity index (χ0n) is 18.8. The van der Waals surface area contributed by atoms with Crippen molar-refractivity contribution in [2.75, 3.05) is 33.3 Å². The molecular weight excluding hydrogens is 424 g/mol. The average molecular weight is 453 g/mol. The van der Waals surface area contributed by atoms with E-state index >= 15 is 0 Å². The summed E-state index contributed by atoms with van der Waals surface area (Å²) < 4.78 is 11.5. The summed E-state index contributed by atoms with van der Waals surface area (Å²) in [4.78, 5) is 42.3. The van der Waals surface area contributed by atoms with Gasteiger partial charge in [0.1, 0.15) is 17.3 Å². The number of rotatable bonds is 8. The first kappa shape index (κ1) is 22.6. The molecule has 2 aromatic heterocycles. The van der Waals surface area contributed by atoms with Crippen LogP contribution in [0.2, 0.25) is 0 Å². The molecule has 3 N–H and O–H groups in total. The number of hydrogen-bond acceptors (Lipinski definition) is 6. The van der Waals surface area contributed by atoms with E-state index in [1.54, 1.807) is 23.2 Å². The summed E-state index contributed by atoms with van der Waals surface area (Å²) in [7, 11) is 1.53. The van der Waals surface area contributed by atoms with Crippen LogP contribution in [0.4, 0.5) is 0 Å². The normalized spacial score (nSPS) is 13.8. The van der Waals surface area contributed by atoms with Crippen LogP contribution in [0.1, 0.15) is 35.9 Å². The van der Waals surface area contributed by atoms with E-state index in [1.807, 2.05) is 19.1 Å². The molecule has 1 aromatic carbocycles. The van der Waals surface area contributed by atoms with Crippen LogP contribution < -0.4 is 15.4 Å². The van der Waals surface area contributed by atoms with E-state index in [4.69, 9.17) is 9.15 Å². The topological polar surface area (TPSA) is 117 Å². The number of hydrogen-bond donors (Lipinski definition) is 3. The number of benzene rings is 1. The Morgan fingerprint density at radius 1 is 1.15 bits per heavy atom. The summed E-state index contributed by atoms with van der Waals surface area (Å²) >= 11 is 0. The lowest BCUT2D eigenvalue weighted by Gasteiger charge is -2.26. The molecule has 9 nitrogen and oxygen atoms in total. The predicted octanol–water partition coefficient (Wildman–Crippen LogP) is 2.47. The molecule has 1 aliphatic rings. The molecule has 0 radical (unpaired) electrons. The average Bonchev–Trinajstić information content (AvgIpc) is 3.50. The van der Waals surface area contributed by atoms with Crippen LogP contribution in [-0.4, -0.2) is 60.8 Å². The molecule has 4 rings (SSSR count). The van der Waals surface area contributed by atoms with Crippen molar-refractivity contribution in [2.24, 2.45) is 0 Å². The van der Waals surface area contributed by atoms with Gasteiger partial charge in [-0.3, -0.25) is 14.4 Å². The lowest BCUT2D eigenvalue weighted by Crippen LogP contribution is -2.48. The minimum Gasteiger partial charge on any atom is -0.496 e. The van der Waals surface area contributed by atoms with Gasteiger partial charge in [0.25, 0.3) is 11.7 Å². The molecule has 3 aromatic rings. The predicted molar refractivity (Wildman–Crippen MR) is 123 cm³/mol. The Hall–Kier alpha value is -3.59. The molecule has 0 bridgehead atoms. The van der Waals surface area contributed by atoms with E-state index in [0.717, 1.165) is 12.0 Å². The number of carbonyl (C=O) groups excluding carboxylic acids is 3. The summed E-state index contributed by atoms with van der Waals surface area (Å²) in [6, 6.07) is 7.21. The summed E-state index contributed by atoms with van der Waals surface area (Å²) in [6.45, 7) is 4.58. The van der Waals surface area contributed by atoms with E-state index in [-0.39, 0.29) is 11.5 Å². The van der Waals surface area contributed by atoms with Crippen molar-refractivity contribution in [1.82, 2.24) is 20.5 Å². The van der Waals surface area contributed by atoms with Crippen molar-refractivity contribution in [3.8, 4) is 17.1 Å². The number of fused-ring (bicyclic) bond motifs is 1. The number of ketones is 1. The number of methoxy groups -OCH3 is 1. The third kappa shape index (κ3) is 4.63. The standard InChI is InChI=1S/C24H28N4O5/c1-3-4-20(29)26-13-15-5-7-18(33-15)16-6-8-19(32-2)21-17(14-27-22(16)21)23(30)24(31)28-11-9-25-10-12-28/h5-8,14,25,27H,3-4,9-13H2,1-2H3,(H,26,29). The SMILES string of the molecule is CCCC(=O)NCc1ccc(-c2ccc(OC)c3c(C(=O)C(=O)N4CCNCC4)c[nH]c23)o1. The number of ether oxygens (including phenoxy) is 1. The quantitative estimate of drug-likeness (QED) is 0.357. The fraction of sp³-hybridized carbons (Fsp3) is 0.375. The Bertz CT molecular complexity index is 1170. The summed E-state index contributed by atoms with van der Waals surface area (Å²) in [6.07, 6.45) is 2.80. The number of amides is 2. The van der Waals surface area contributed by atoms with Crippen LogP contribution >= 0.6 is 0 Å². The van der Waals surface area contributed by atoms with Gasteiger partial charge in [-0.2, -0.15) is 0 Å². The second-order valence-electron chi connectivity index (χ2n) is 7.93. The van der Waals surface area contributed by atoms with Gasteiger partial charge in [0.05, 0.1) is 30.1 Å². The number of Topliss-reactive ketones (excluding diaryl/α,β-unsaturated/α-hetero) is 1. The molecule has 0 spiro atoms. The number of nitrogens with zero attached hydrogens (tertiary/aromatic N) is 1. The van der Waals surface area contributed by atoms with Crippen LogP contribution in [0.25, 0.3) is 22.2 Å². The zero-order valence-corrected chi connectivity index (χ0v) is 18.8. The minimum atomic E-state index is -0.572. The Balaban J connectivity index is 1.64. The number of aromatic nitrogens is 1. The van der Waals surface area contributed by atoms with Gasteiger partial charge in [-0.25, -0.2) is 0 Å². The fourth-order valence-electron chi connectivity index (χ4n) is 4.02. The molecule has 1 fully saturated rings. The van der Waals surface area contributed by atoms with Gasteiger partial charge in [0.2, 0.25) is 5.91 Å². The van der Waals surface area contributed by atoms with Crippen LogP contribution in [0, 0.1) is 0 Å². The van der Waals surface area contributed by atoms with Crippen molar-refractivity contribution < 1.29 is 23.5 Å². The third-order valence-corrected chi connectivity index (χ3v) is 5.72. The fourth-order valence-corrected chi connectivity index (χ4v) is 4.02. The molecule has 0 saturated carbocycles. The molecule has 174 valence electrons. The van der Waals surface area contributed by atoms with Gasteiger partial charge in [-0.1, -0.05) is 6.92 Å². The summed E-state index contributed by atoms with van der Waals surface area (Å²) in [5, 5.41) is 6.55. The molecular formula is C24H28N4O5.